The predicted molar refractivity (Wildman–Crippen MR) is 111 cm³/mol. The summed E-state index contributed by atoms with van der Waals surface area (Å²) in [7, 11) is 0. The highest BCUT2D eigenvalue weighted by molar-refractivity contribution is 9.10. The first-order valence-corrected chi connectivity index (χ1v) is 9.50. The molecule has 0 aromatic heterocycles. The number of ketones is 1. The van der Waals surface area contributed by atoms with Crippen LogP contribution in [0.15, 0.2) is 71.2 Å². The number of carbonyl (C=O) groups is 1. The van der Waals surface area contributed by atoms with Gasteiger partial charge in [-0.15, -0.1) is 0 Å². The quantitative estimate of drug-likeness (QED) is 0.275. The normalized spacial score (nSPS) is 12.7. The van der Waals surface area contributed by atoms with Crippen molar-refractivity contribution < 1.29 is 9.72 Å². The lowest BCUT2D eigenvalue weighted by Gasteiger charge is -2.27. The lowest BCUT2D eigenvalue weighted by atomic mass is 9.78. The standard InChI is InChI=1S/C22H20BrNO3/c1-22(2,24(26)27)20(14-21(25)18-8-5-9-19(23)13-18)17-11-10-15-6-3-4-7-16(15)12-17/h3-13,20H,14H2,1-2H3. The molecule has 3 aromatic carbocycles. The van der Waals surface area contributed by atoms with Gasteiger partial charge in [-0.25, -0.2) is 0 Å². The first kappa shape index (κ1) is 19.2. The zero-order valence-corrected chi connectivity index (χ0v) is 16.8. The Balaban J connectivity index is 2.02. The van der Waals surface area contributed by atoms with Crippen LogP contribution in [0.25, 0.3) is 10.8 Å². The fourth-order valence-electron chi connectivity index (χ4n) is 3.29. The monoisotopic (exact) mass is 425 g/mol. The number of nitrogens with zero attached hydrogens (tertiary/aromatic N) is 1. The number of carbonyl (C=O) groups excluding carboxylic acids is 1. The van der Waals surface area contributed by atoms with Crippen LogP contribution in [0.1, 0.15) is 42.1 Å². The number of nitro groups is 1. The van der Waals surface area contributed by atoms with Gasteiger partial charge >= 0.3 is 0 Å². The van der Waals surface area contributed by atoms with Crippen LogP contribution in [0, 0.1) is 10.1 Å². The topological polar surface area (TPSA) is 60.2 Å². The minimum atomic E-state index is -1.27. The second kappa shape index (κ2) is 7.61. The van der Waals surface area contributed by atoms with Gasteiger partial charge < -0.3 is 0 Å². The van der Waals surface area contributed by atoms with Crippen LogP contribution < -0.4 is 0 Å². The van der Waals surface area contributed by atoms with E-state index in [9.17, 15) is 14.9 Å². The SMILES string of the molecule is CC(C)(C(CC(=O)c1cccc(Br)c1)c1ccc2ccccc2c1)[N+](=O)[O-]. The first-order chi connectivity index (χ1) is 12.8. The molecule has 0 saturated heterocycles. The zero-order chi connectivity index (χ0) is 19.6. The summed E-state index contributed by atoms with van der Waals surface area (Å²) in [5, 5.41) is 13.8. The van der Waals surface area contributed by atoms with Crippen LogP contribution in [0.5, 0.6) is 0 Å². The molecule has 0 aliphatic heterocycles. The average Bonchev–Trinajstić information content (AvgIpc) is 2.65. The van der Waals surface area contributed by atoms with Crippen molar-refractivity contribution in [2.75, 3.05) is 0 Å². The van der Waals surface area contributed by atoms with Gasteiger partial charge in [0.1, 0.15) is 0 Å². The van der Waals surface area contributed by atoms with E-state index in [0.29, 0.717) is 5.56 Å². The van der Waals surface area contributed by atoms with Crippen LogP contribution in [0.3, 0.4) is 0 Å². The molecule has 1 unspecified atom stereocenters. The molecule has 27 heavy (non-hydrogen) atoms. The molecule has 138 valence electrons. The average molecular weight is 426 g/mol. The molecule has 4 nitrogen and oxygen atoms in total. The maximum atomic E-state index is 12.9. The number of hydrogen-bond acceptors (Lipinski definition) is 3. The number of Topliss-reactive ketones (excluding diaryl/α,β-unsaturated/α-hetero) is 1. The van der Waals surface area contributed by atoms with Gasteiger partial charge in [0.05, 0.1) is 5.92 Å². The van der Waals surface area contributed by atoms with E-state index < -0.39 is 11.5 Å². The number of rotatable bonds is 6. The molecule has 5 heteroatoms. The molecule has 0 amide bonds. The van der Waals surface area contributed by atoms with E-state index in [1.165, 1.54) is 0 Å². The van der Waals surface area contributed by atoms with Crippen LogP contribution in [-0.2, 0) is 0 Å². The molecule has 0 radical (unpaired) electrons. The summed E-state index contributed by atoms with van der Waals surface area (Å²) in [6.07, 6.45) is 0.0722. The summed E-state index contributed by atoms with van der Waals surface area (Å²) in [5.41, 5.74) is 0.0810. The van der Waals surface area contributed by atoms with Crippen LogP contribution >= 0.6 is 15.9 Å². The molecule has 3 aromatic rings. The van der Waals surface area contributed by atoms with E-state index in [2.05, 4.69) is 15.9 Å². The Morgan fingerprint density at radius 3 is 2.41 bits per heavy atom. The van der Waals surface area contributed by atoms with Gasteiger partial charge in [-0.1, -0.05) is 70.5 Å². The zero-order valence-electron chi connectivity index (χ0n) is 15.2. The van der Waals surface area contributed by atoms with Crippen LogP contribution in [-0.4, -0.2) is 16.2 Å². The smallest absolute Gasteiger partial charge is 0.223 e. The molecule has 0 spiro atoms. The Labute approximate surface area is 166 Å². The predicted octanol–water partition coefficient (Wildman–Crippen LogP) is 6.01. The summed E-state index contributed by atoms with van der Waals surface area (Å²) < 4.78 is 0.809. The van der Waals surface area contributed by atoms with Crippen molar-refractivity contribution in [2.24, 2.45) is 0 Å². The Morgan fingerprint density at radius 2 is 1.74 bits per heavy atom. The van der Waals surface area contributed by atoms with E-state index in [4.69, 9.17) is 0 Å². The summed E-state index contributed by atoms with van der Waals surface area (Å²) in [6, 6.07) is 20.8. The lowest BCUT2D eigenvalue weighted by molar-refractivity contribution is -0.565. The van der Waals surface area contributed by atoms with Crippen molar-refractivity contribution in [1.29, 1.82) is 0 Å². The van der Waals surface area contributed by atoms with Crippen LogP contribution in [0.4, 0.5) is 0 Å². The van der Waals surface area contributed by atoms with E-state index >= 15 is 0 Å². The van der Waals surface area contributed by atoms with Crippen molar-refractivity contribution in [3.8, 4) is 0 Å². The molecule has 3 rings (SSSR count). The number of hydrogen-bond donors (Lipinski definition) is 0. The highest BCUT2D eigenvalue weighted by atomic mass is 79.9. The Hall–Kier alpha value is -2.53. The van der Waals surface area contributed by atoms with Gasteiger partial charge in [0.2, 0.25) is 5.54 Å². The van der Waals surface area contributed by atoms with Crippen LogP contribution in [0.2, 0.25) is 0 Å². The third-order valence-corrected chi connectivity index (χ3v) is 5.53. The van der Waals surface area contributed by atoms with E-state index in [1.54, 1.807) is 32.0 Å². The summed E-state index contributed by atoms with van der Waals surface area (Å²) >= 11 is 3.37. The minimum absolute atomic E-state index is 0.0722. The van der Waals surface area contributed by atoms with Gasteiger partial charge in [0.15, 0.2) is 5.78 Å². The molecule has 1 atom stereocenters. The fraction of sp³-hybridized carbons (Fsp3) is 0.227. The van der Waals surface area contributed by atoms with Crippen molar-refractivity contribution in [3.63, 3.8) is 0 Å². The molecule has 0 fully saturated rings. The molecular weight excluding hydrogens is 406 g/mol. The van der Waals surface area contributed by atoms with Gasteiger partial charge in [-0.3, -0.25) is 14.9 Å². The van der Waals surface area contributed by atoms with Gasteiger partial charge in [0, 0.05) is 35.2 Å². The summed E-state index contributed by atoms with van der Waals surface area (Å²) in [6.45, 7) is 3.17. The Morgan fingerprint density at radius 1 is 1.04 bits per heavy atom. The highest BCUT2D eigenvalue weighted by Gasteiger charge is 2.43. The van der Waals surface area contributed by atoms with Gasteiger partial charge in [0.25, 0.3) is 0 Å². The van der Waals surface area contributed by atoms with Crippen molar-refractivity contribution in [2.45, 2.75) is 31.7 Å². The van der Waals surface area contributed by atoms with Crippen molar-refractivity contribution in [3.05, 3.63) is 92.4 Å². The highest BCUT2D eigenvalue weighted by Crippen LogP contribution is 2.36. The number of fused-ring (bicyclic) bond motifs is 1. The molecule has 0 aliphatic carbocycles. The lowest BCUT2D eigenvalue weighted by Crippen LogP contribution is -2.39. The largest absolute Gasteiger partial charge is 0.294 e. The van der Waals surface area contributed by atoms with E-state index in [1.807, 2.05) is 48.5 Å². The summed E-state index contributed by atoms with van der Waals surface area (Å²) in [4.78, 5) is 24.3. The maximum Gasteiger partial charge on any atom is 0.223 e. The molecule has 0 bridgehead atoms. The molecule has 0 N–H and O–H groups in total. The number of halogens is 1. The summed E-state index contributed by atoms with van der Waals surface area (Å²) in [5.74, 6) is -0.645. The van der Waals surface area contributed by atoms with E-state index in [0.717, 1.165) is 20.8 Å². The second-order valence-electron chi connectivity index (χ2n) is 7.21. The van der Waals surface area contributed by atoms with Gasteiger partial charge in [-0.05, 0) is 28.5 Å². The Bertz CT molecular complexity index is 1010. The van der Waals surface area contributed by atoms with Gasteiger partial charge in [-0.2, -0.15) is 0 Å². The first-order valence-electron chi connectivity index (χ1n) is 8.71. The maximum absolute atomic E-state index is 12.9. The molecule has 0 aliphatic rings. The minimum Gasteiger partial charge on any atom is -0.294 e. The van der Waals surface area contributed by atoms with E-state index in [-0.39, 0.29) is 17.1 Å². The third kappa shape index (κ3) is 4.08. The van der Waals surface area contributed by atoms with Crippen molar-refractivity contribution in [1.82, 2.24) is 0 Å². The molecular formula is C22H20BrNO3. The van der Waals surface area contributed by atoms with Crippen molar-refractivity contribution >= 4 is 32.5 Å². The Kier molecular flexibility index (Phi) is 5.42. The second-order valence-corrected chi connectivity index (χ2v) is 8.12. The number of benzene rings is 3. The molecule has 0 saturated carbocycles. The molecule has 0 heterocycles. The fourth-order valence-corrected chi connectivity index (χ4v) is 3.69. The third-order valence-electron chi connectivity index (χ3n) is 5.04.